The number of aliphatic imine (C=N–C) groups is 1. The maximum atomic E-state index is 9.08. The van der Waals surface area contributed by atoms with E-state index >= 15 is 0 Å². The summed E-state index contributed by atoms with van der Waals surface area (Å²) in [6.07, 6.45) is 6.27. The average molecular weight is 352 g/mol. The molecule has 0 bridgehead atoms. The fourth-order valence-corrected chi connectivity index (χ4v) is 3.27. The molecular weight excluding hydrogens is 328 g/mol. The Morgan fingerprint density at radius 2 is 2.23 bits per heavy atom. The minimum atomic E-state index is -0.782. The third-order valence-electron chi connectivity index (χ3n) is 4.77. The maximum Gasteiger partial charge on any atom is 0.195 e. The Morgan fingerprint density at radius 3 is 2.96 bits per heavy atom. The summed E-state index contributed by atoms with van der Waals surface area (Å²) < 4.78 is 5.99. The lowest BCUT2D eigenvalue weighted by Crippen LogP contribution is -2.38. The van der Waals surface area contributed by atoms with Gasteiger partial charge in [0.2, 0.25) is 0 Å². The van der Waals surface area contributed by atoms with Crippen LogP contribution in [0.25, 0.3) is 0 Å². The van der Waals surface area contributed by atoms with Gasteiger partial charge in [-0.05, 0) is 12.5 Å². The highest BCUT2D eigenvalue weighted by molar-refractivity contribution is 5.90. The van der Waals surface area contributed by atoms with Gasteiger partial charge in [0.05, 0.1) is 18.7 Å². The van der Waals surface area contributed by atoms with Crippen LogP contribution in [-0.2, 0) is 6.42 Å². The van der Waals surface area contributed by atoms with Crippen molar-refractivity contribution in [3.63, 3.8) is 0 Å². The number of likely N-dealkylation sites (N-methyl/N-ethyl adjacent to an activating group) is 1. The largest absolute Gasteiger partial charge is 0.446 e. The number of anilines is 1. The zero-order valence-electron chi connectivity index (χ0n) is 15.1. The predicted molar refractivity (Wildman–Crippen MR) is 99.8 cm³/mol. The number of amidine groups is 1. The molecule has 2 aliphatic heterocycles. The van der Waals surface area contributed by atoms with Crippen LogP contribution in [-0.4, -0.2) is 56.5 Å². The number of hydrogen-bond donors (Lipinski definition) is 1. The highest BCUT2D eigenvalue weighted by atomic mass is 16.4. The molecule has 1 atom stereocenters. The van der Waals surface area contributed by atoms with Crippen LogP contribution in [0, 0.1) is 28.6 Å². The second-order valence-corrected chi connectivity index (χ2v) is 6.60. The standard InChI is InChI=1S/C19H24N6O/c1-24(10-11-25-9-8-23-19(25)15(13-20)14-21)18-6-5-17(26-18)12-16-4-2-3-7-22-16/h2-3,5-6,15-16,22H,4,7-12H2,1H3. The Labute approximate surface area is 154 Å². The number of nitriles is 2. The zero-order valence-corrected chi connectivity index (χ0v) is 15.1. The molecule has 0 spiro atoms. The van der Waals surface area contributed by atoms with Gasteiger partial charge in [-0.1, -0.05) is 12.2 Å². The molecule has 0 aliphatic carbocycles. The fourth-order valence-electron chi connectivity index (χ4n) is 3.27. The molecule has 1 unspecified atom stereocenters. The minimum Gasteiger partial charge on any atom is -0.446 e. The number of furan rings is 1. The van der Waals surface area contributed by atoms with Gasteiger partial charge in [0, 0.05) is 51.8 Å². The molecule has 26 heavy (non-hydrogen) atoms. The van der Waals surface area contributed by atoms with Crippen molar-refractivity contribution in [2.45, 2.75) is 18.9 Å². The van der Waals surface area contributed by atoms with E-state index in [4.69, 9.17) is 14.9 Å². The van der Waals surface area contributed by atoms with E-state index in [-0.39, 0.29) is 0 Å². The molecule has 0 fully saturated rings. The predicted octanol–water partition coefficient (Wildman–Crippen LogP) is 1.55. The molecule has 1 aromatic rings. The number of nitrogens with zero attached hydrogens (tertiary/aromatic N) is 5. The zero-order chi connectivity index (χ0) is 18.4. The Hall–Kier alpha value is -2.77. The van der Waals surface area contributed by atoms with E-state index in [1.165, 1.54) is 0 Å². The van der Waals surface area contributed by atoms with Crippen LogP contribution in [0.3, 0.4) is 0 Å². The van der Waals surface area contributed by atoms with E-state index in [0.717, 1.165) is 44.1 Å². The van der Waals surface area contributed by atoms with Crippen LogP contribution < -0.4 is 10.2 Å². The van der Waals surface area contributed by atoms with Gasteiger partial charge in [-0.15, -0.1) is 0 Å². The first-order chi connectivity index (χ1) is 12.7. The molecule has 7 nitrogen and oxygen atoms in total. The third kappa shape index (κ3) is 4.25. The molecule has 136 valence electrons. The van der Waals surface area contributed by atoms with E-state index in [2.05, 4.69) is 27.4 Å². The summed E-state index contributed by atoms with van der Waals surface area (Å²) in [5, 5.41) is 21.6. The van der Waals surface area contributed by atoms with Gasteiger partial charge in [0.25, 0.3) is 0 Å². The monoisotopic (exact) mass is 352 g/mol. The number of hydrogen-bond acceptors (Lipinski definition) is 7. The SMILES string of the molecule is CN(CCN1CCN=C1C(C#N)C#N)c1ccc(CC2CC=CCN2)o1. The minimum absolute atomic E-state index is 0.432. The van der Waals surface area contributed by atoms with Gasteiger partial charge < -0.3 is 19.5 Å². The van der Waals surface area contributed by atoms with Crippen molar-refractivity contribution in [2.24, 2.45) is 10.9 Å². The fraction of sp³-hybridized carbons (Fsp3) is 0.526. The van der Waals surface area contributed by atoms with Crippen molar-refractivity contribution in [1.82, 2.24) is 10.2 Å². The quantitative estimate of drug-likeness (QED) is 0.749. The smallest absolute Gasteiger partial charge is 0.195 e. The molecule has 1 N–H and O–H groups in total. The van der Waals surface area contributed by atoms with Gasteiger partial charge in [-0.2, -0.15) is 10.5 Å². The summed E-state index contributed by atoms with van der Waals surface area (Å²) >= 11 is 0. The average Bonchev–Trinajstić information content (AvgIpc) is 3.32. The Kier molecular flexibility index (Phi) is 5.93. The van der Waals surface area contributed by atoms with Crippen molar-refractivity contribution >= 4 is 11.7 Å². The molecular formula is C19H24N6O. The molecule has 0 radical (unpaired) electrons. The van der Waals surface area contributed by atoms with Crippen molar-refractivity contribution in [1.29, 1.82) is 10.5 Å². The first-order valence-corrected chi connectivity index (χ1v) is 8.98. The first-order valence-electron chi connectivity index (χ1n) is 8.98. The van der Waals surface area contributed by atoms with E-state index in [1.807, 2.05) is 36.2 Å². The maximum absolute atomic E-state index is 9.08. The Morgan fingerprint density at radius 1 is 1.38 bits per heavy atom. The third-order valence-corrected chi connectivity index (χ3v) is 4.77. The summed E-state index contributed by atoms with van der Waals surface area (Å²) in [5.74, 6) is 1.63. The summed E-state index contributed by atoms with van der Waals surface area (Å²) in [6, 6.07) is 8.49. The molecule has 0 saturated carbocycles. The normalized spacial score (nSPS) is 19.3. The summed E-state index contributed by atoms with van der Waals surface area (Å²) in [4.78, 5) is 8.40. The van der Waals surface area contributed by atoms with E-state index in [1.54, 1.807) is 0 Å². The molecule has 7 heteroatoms. The molecule has 3 heterocycles. The molecule has 3 rings (SSSR count). The van der Waals surface area contributed by atoms with Gasteiger partial charge >= 0.3 is 0 Å². The van der Waals surface area contributed by atoms with Crippen molar-refractivity contribution in [3.05, 3.63) is 30.0 Å². The molecule has 0 saturated heterocycles. The highest BCUT2D eigenvalue weighted by Gasteiger charge is 2.25. The van der Waals surface area contributed by atoms with Crippen LogP contribution in [0.1, 0.15) is 12.2 Å². The number of nitrogens with one attached hydrogen (secondary N) is 1. The van der Waals surface area contributed by atoms with Crippen LogP contribution >= 0.6 is 0 Å². The van der Waals surface area contributed by atoms with Gasteiger partial charge in [-0.25, -0.2) is 0 Å². The van der Waals surface area contributed by atoms with E-state index in [9.17, 15) is 0 Å². The van der Waals surface area contributed by atoms with Crippen LogP contribution in [0.15, 0.2) is 33.7 Å². The highest BCUT2D eigenvalue weighted by Crippen LogP contribution is 2.20. The van der Waals surface area contributed by atoms with Crippen molar-refractivity contribution in [2.75, 3.05) is 44.7 Å². The lowest BCUT2D eigenvalue weighted by molar-refractivity contribution is 0.429. The topological polar surface area (TPSA) is 91.6 Å². The second kappa shape index (κ2) is 8.55. The molecule has 0 aromatic carbocycles. The molecule has 0 amide bonds. The van der Waals surface area contributed by atoms with Crippen LogP contribution in [0.2, 0.25) is 0 Å². The summed E-state index contributed by atoms with van der Waals surface area (Å²) in [7, 11) is 1.99. The Bertz CT molecular complexity index is 739. The van der Waals surface area contributed by atoms with Crippen molar-refractivity contribution in [3.8, 4) is 12.1 Å². The lowest BCUT2D eigenvalue weighted by atomic mass is 10.1. The molecule has 2 aliphatic rings. The lowest BCUT2D eigenvalue weighted by Gasteiger charge is -2.24. The van der Waals surface area contributed by atoms with Crippen molar-refractivity contribution < 1.29 is 4.42 Å². The van der Waals surface area contributed by atoms with Gasteiger partial charge in [-0.3, -0.25) is 4.99 Å². The first kappa shape index (κ1) is 18.0. The Balaban J connectivity index is 1.52. The number of rotatable bonds is 7. The van der Waals surface area contributed by atoms with Crippen LogP contribution in [0.4, 0.5) is 5.88 Å². The van der Waals surface area contributed by atoms with Crippen LogP contribution in [0.5, 0.6) is 0 Å². The molecule has 1 aromatic heterocycles. The van der Waals surface area contributed by atoms with Gasteiger partial charge in [0.1, 0.15) is 11.6 Å². The summed E-state index contributed by atoms with van der Waals surface area (Å²) in [5.41, 5.74) is 0. The summed E-state index contributed by atoms with van der Waals surface area (Å²) in [6.45, 7) is 3.77. The van der Waals surface area contributed by atoms with E-state index in [0.29, 0.717) is 25.0 Å². The van der Waals surface area contributed by atoms with Gasteiger partial charge in [0.15, 0.2) is 11.8 Å². The van der Waals surface area contributed by atoms with E-state index < -0.39 is 5.92 Å². The second-order valence-electron chi connectivity index (χ2n) is 6.60.